The fraction of sp³-hybridized carbons (Fsp3) is 0.273. The maximum atomic E-state index is 11.7. The number of nitriles is 1. The van der Waals surface area contributed by atoms with Gasteiger partial charge in [-0.2, -0.15) is 5.26 Å². The van der Waals surface area contributed by atoms with Crippen LogP contribution < -0.4 is 5.32 Å². The zero-order chi connectivity index (χ0) is 9.76. The lowest BCUT2D eigenvalue weighted by atomic mass is 9.95. The molecule has 3 rings (SSSR count). The fourth-order valence-electron chi connectivity index (χ4n) is 2.30. The number of nitrogens with one attached hydrogen (secondary N) is 1. The number of rotatable bonds is 0. The van der Waals surface area contributed by atoms with E-state index < -0.39 is 5.41 Å². The molecule has 1 heterocycles. The highest BCUT2D eigenvalue weighted by molar-refractivity contribution is 6.09. The molecule has 3 heteroatoms. The summed E-state index contributed by atoms with van der Waals surface area (Å²) >= 11 is 0. The molecule has 1 spiro atoms. The van der Waals surface area contributed by atoms with Crippen LogP contribution in [0.1, 0.15) is 12.0 Å². The van der Waals surface area contributed by atoms with Crippen molar-refractivity contribution in [3.8, 4) is 6.07 Å². The molecule has 0 saturated heterocycles. The van der Waals surface area contributed by atoms with Crippen LogP contribution >= 0.6 is 0 Å². The van der Waals surface area contributed by atoms with Crippen LogP contribution in [0.15, 0.2) is 24.3 Å². The molecule has 1 N–H and O–H groups in total. The van der Waals surface area contributed by atoms with Crippen molar-refractivity contribution in [2.24, 2.45) is 5.92 Å². The Labute approximate surface area is 81.3 Å². The second kappa shape index (κ2) is 2.16. The van der Waals surface area contributed by atoms with Crippen molar-refractivity contribution in [1.29, 1.82) is 5.26 Å². The van der Waals surface area contributed by atoms with Gasteiger partial charge in [-0.3, -0.25) is 4.79 Å². The van der Waals surface area contributed by atoms with Crippen LogP contribution in [0.2, 0.25) is 0 Å². The normalized spacial score (nSPS) is 32.2. The summed E-state index contributed by atoms with van der Waals surface area (Å²) in [7, 11) is 0. The zero-order valence-electron chi connectivity index (χ0n) is 7.45. The second-order valence-electron chi connectivity index (χ2n) is 3.86. The van der Waals surface area contributed by atoms with E-state index >= 15 is 0 Å². The monoisotopic (exact) mass is 184 g/mol. The van der Waals surface area contributed by atoms with Crippen molar-refractivity contribution in [2.75, 3.05) is 5.32 Å². The van der Waals surface area contributed by atoms with E-state index in [9.17, 15) is 4.79 Å². The summed E-state index contributed by atoms with van der Waals surface area (Å²) in [6.07, 6.45) is 0.673. The number of amides is 1. The maximum absolute atomic E-state index is 11.7. The van der Waals surface area contributed by atoms with E-state index in [-0.39, 0.29) is 11.8 Å². The Morgan fingerprint density at radius 3 is 3.00 bits per heavy atom. The summed E-state index contributed by atoms with van der Waals surface area (Å²) in [5.74, 6) is -0.142. The first-order valence-electron chi connectivity index (χ1n) is 4.59. The minimum absolute atomic E-state index is 0.00903. The zero-order valence-corrected chi connectivity index (χ0v) is 7.45. The molecule has 1 aliphatic heterocycles. The molecule has 68 valence electrons. The summed E-state index contributed by atoms with van der Waals surface area (Å²) in [5, 5.41) is 11.7. The van der Waals surface area contributed by atoms with Crippen LogP contribution in [0.5, 0.6) is 0 Å². The Bertz CT molecular complexity index is 474. The first-order valence-corrected chi connectivity index (χ1v) is 4.59. The average molecular weight is 184 g/mol. The second-order valence-corrected chi connectivity index (χ2v) is 3.86. The van der Waals surface area contributed by atoms with Crippen LogP contribution in [0, 0.1) is 17.2 Å². The molecule has 0 unspecified atom stereocenters. The molecule has 2 atom stereocenters. The van der Waals surface area contributed by atoms with E-state index in [1.54, 1.807) is 0 Å². The Balaban J connectivity index is 2.18. The van der Waals surface area contributed by atoms with E-state index in [4.69, 9.17) is 5.26 Å². The van der Waals surface area contributed by atoms with Crippen molar-refractivity contribution in [1.82, 2.24) is 0 Å². The van der Waals surface area contributed by atoms with Gasteiger partial charge in [-0.15, -0.1) is 0 Å². The molecule has 1 aromatic carbocycles. The molecule has 1 saturated carbocycles. The topological polar surface area (TPSA) is 52.9 Å². The largest absolute Gasteiger partial charge is 0.325 e. The molecule has 14 heavy (non-hydrogen) atoms. The molecule has 2 aliphatic rings. The van der Waals surface area contributed by atoms with Crippen molar-refractivity contribution in [2.45, 2.75) is 11.8 Å². The van der Waals surface area contributed by atoms with Crippen LogP contribution in [0.25, 0.3) is 0 Å². The smallest absolute Gasteiger partial charge is 0.236 e. The quantitative estimate of drug-likeness (QED) is 0.663. The number of hydrogen-bond donors (Lipinski definition) is 1. The summed E-state index contributed by atoms with van der Waals surface area (Å²) in [6, 6.07) is 9.80. The molecule has 0 aromatic heterocycles. The Hall–Kier alpha value is -1.82. The Kier molecular flexibility index (Phi) is 1.17. The van der Waals surface area contributed by atoms with Gasteiger partial charge >= 0.3 is 0 Å². The van der Waals surface area contributed by atoms with Gasteiger partial charge in [0.05, 0.1) is 17.4 Å². The van der Waals surface area contributed by atoms with Crippen LogP contribution in [-0.2, 0) is 10.2 Å². The van der Waals surface area contributed by atoms with Crippen LogP contribution in [-0.4, -0.2) is 5.91 Å². The minimum atomic E-state index is -0.509. The van der Waals surface area contributed by atoms with Crippen molar-refractivity contribution >= 4 is 11.6 Å². The third-order valence-electron chi connectivity index (χ3n) is 3.18. The Morgan fingerprint density at radius 1 is 1.50 bits per heavy atom. The lowest BCUT2D eigenvalue weighted by Crippen LogP contribution is -2.20. The maximum Gasteiger partial charge on any atom is 0.236 e. The van der Waals surface area contributed by atoms with Crippen molar-refractivity contribution in [3.05, 3.63) is 29.8 Å². The Morgan fingerprint density at radius 2 is 2.29 bits per heavy atom. The number of fused-ring (bicyclic) bond motifs is 2. The third kappa shape index (κ3) is 0.655. The van der Waals surface area contributed by atoms with Gasteiger partial charge in [-0.05, 0) is 18.1 Å². The van der Waals surface area contributed by atoms with E-state index in [2.05, 4.69) is 11.4 Å². The number of carbonyl (C=O) groups is 1. The number of anilines is 1. The molecular weight excluding hydrogens is 176 g/mol. The summed E-state index contributed by atoms with van der Waals surface area (Å²) < 4.78 is 0. The van der Waals surface area contributed by atoms with E-state index in [1.807, 2.05) is 24.3 Å². The van der Waals surface area contributed by atoms with Gasteiger partial charge in [0.2, 0.25) is 5.91 Å². The molecule has 1 aliphatic carbocycles. The highest BCUT2D eigenvalue weighted by atomic mass is 16.2. The molecule has 1 amide bonds. The highest BCUT2D eigenvalue weighted by Crippen LogP contribution is 2.59. The number of para-hydroxylation sites is 1. The van der Waals surface area contributed by atoms with Gasteiger partial charge in [-0.1, -0.05) is 18.2 Å². The van der Waals surface area contributed by atoms with Gasteiger partial charge in [0.25, 0.3) is 0 Å². The SMILES string of the molecule is N#C[C@H]1C[C@]12C(=O)Nc1ccccc12. The summed E-state index contributed by atoms with van der Waals surface area (Å²) in [4.78, 5) is 11.7. The minimum Gasteiger partial charge on any atom is -0.325 e. The van der Waals surface area contributed by atoms with E-state index in [1.165, 1.54) is 0 Å². The van der Waals surface area contributed by atoms with Crippen molar-refractivity contribution < 1.29 is 4.79 Å². The van der Waals surface area contributed by atoms with Gasteiger partial charge < -0.3 is 5.32 Å². The molecule has 1 aromatic rings. The first kappa shape index (κ1) is 7.57. The molecule has 0 radical (unpaired) electrons. The van der Waals surface area contributed by atoms with Crippen LogP contribution in [0.4, 0.5) is 5.69 Å². The number of nitrogens with zero attached hydrogens (tertiary/aromatic N) is 1. The summed E-state index contributed by atoms with van der Waals surface area (Å²) in [6.45, 7) is 0. The average Bonchev–Trinajstić information content (AvgIpc) is 2.87. The molecule has 0 bridgehead atoms. The fourth-order valence-corrected chi connectivity index (χ4v) is 2.30. The number of hydrogen-bond acceptors (Lipinski definition) is 2. The lowest BCUT2D eigenvalue weighted by Gasteiger charge is -2.03. The predicted octanol–water partition coefficient (Wildman–Crippen LogP) is 1.42. The molecular formula is C11H8N2O. The first-order chi connectivity index (χ1) is 6.79. The molecule has 1 fully saturated rings. The summed E-state index contributed by atoms with van der Waals surface area (Å²) in [5.41, 5.74) is 1.36. The predicted molar refractivity (Wildman–Crippen MR) is 50.5 cm³/mol. The van der Waals surface area contributed by atoms with E-state index in [0.29, 0.717) is 6.42 Å². The number of benzene rings is 1. The standard InChI is InChI=1S/C11H8N2O/c12-6-7-5-11(7)8-3-1-2-4-9(8)13-10(11)14/h1-4,7H,5H2,(H,13,14)/t7-,11+/m1/s1. The van der Waals surface area contributed by atoms with Gasteiger partial charge in [-0.25, -0.2) is 0 Å². The van der Waals surface area contributed by atoms with Gasteiger partial charge in [0.15, 0.2) is 0 Å². The lowest BCUT2D eigenvalue weighted by molar-refractivity contribution is -0.118. The molecule has 3 nitrogen and oxygen atoms in total. The highest BCUT2D eigenvalue weighted by Gasteiger charge is 2.65. The third-order valence-corrected chi connectivity index (χ3v) is 3.18. The van der Waals surface area contributed by atoms with Crippen molar-refractivity contribution in [3.63, 3.8) is 0 Å². The van der Waals surface area contributed by atoms with Crippen LogP contribution in [0.3, 0.4) is 0 Å². The van der Waals surface area contributed by atoms with Gasteiger partial charge in [0, 0.05) is 5.69 Å². The number of carbonyl (C=O) groups excluding carboxylic acids is 1. The van der Waals surface area contributed by atoms with Gasteiger partial charge in [0.1, 0.15) is 0 Å². The van der Waals surface area contributed by atoms with E-state index in [0.717, 1.165) is 11.3 Å².